The van der Waals surface area contributed by atoms with Crippen molar-refractivity contribution in [2.45, 2.75) is 51.1 Å². The molecule has 8 heteroatoms. The van der Waals surface area contributed by atoms with Gasteiger partial charge in [0.05, 0.1) is 24.5 Å². The number of carbonyl (C=O) groups excluding carboxylic acids is 3. The maximum absolute atomic E-state index is 13.6. The molecular weight excluding hydrogens is 499 g/mol. The molecule has 2 aliphatic heterocycles. The van der Waals surface area contributed by atoms with Crippen LogP contribution in [0, 0.1) is 17.7 Å². The standard InChI is InChI=1S/C31H37FN2O5/c32-27-14-12-23(13-15-27)19-26-10-5-4-9-25(30(37)34-16-6-11-28(34)22-39-31(26)38)20-29(36)33(17-18-35)21-24-7-2-1-3-8-24/h1-5,7-8,12-15,25-26,28,35H,6,9-11,16-22H2/b5-4+/t25-,26-,28+/m1/s1. The number of amides is 2. The third kappa shape index (κ3) is 7.99. The minimum Gasteiger partial charge on any atom is -0.463 e. The van der Waals surface area contributed by atoms with Crippen LogP contribution in [0.5, 0.6) is 0 Å². The molecule has 0 bridgehead atoms. The Balaban J connectivity index is 1.50. The Hall–Kier alpha value is -3.52. The Morgan fingerprint density at radius 1 is 1.00 bits per heavy atom. The number of benzene rings is 2. The van der Waals surface area contributed by atoms with Gasteiger partial charge in [-0.15, -0.1) is 0 Å². The minimum absolute atomic E-state index is 0.0397. The first-order chi connectivity index (χ1) is 18.9. The molecule has 0 aromatic heterocycles. The van der Waals surface area contributed by atoms with E-state index in [1.807, 2.05) is 42.5 Å². The summed E-state index contributed by atoms with van der Waals surface area (Å²) in [7, 11) is 0. The van der Waals surface area contributed by atoms with Gasteiger partial charge in [0.1, 0.15) is 12.4 Å². The predicted molar refractivity (Wildman–Crippen MR) is 145 cm³/mol. The molecule has 2 heterocycles. The second-order valence-corrected chi connectivity index (χ2v) is 10.4. The molecule has 2 aliphatic rings. The highest BCUT2D eigenvalue weighted by Crippen LogP contribution is 2.26. The average Bonchev–Trinajstić information content (AvgIpc) is 3.41. The molecule has 0 saturated carbocycles. The lowest BCUT2D eigenvalue weighted by molar-refractivity contribution is -0.152. The van der Waals surface area contributed by atoms with Crippen LogP contribution < -0.4 is 0 Å². The maximum atomic E-state index is 13.6. The third-order valence-electron chi connectivity index (χ3n) is 7.52. The smallest absolute Gasteiger partial charge is 0.309 e. The predicted octanol–water partition coefficient (Wildman–Crippen LogP) is 3.90. The number of rotatable bonds is 8. The topological polar surface area (TPSA) is 87.2 Å². The second kappa shape index (κ2) is 14.0. The summed E-state index contributed by atoms with van der Waals surface area (Å²) < 4.78 is 19.0. The first kappa shape index (κ1) is 28.5. The molecule has 39 heavy (non-hydrogen) atoms. The van der Waals surface area contributed by atoms with Crippen molar-refractivity contribution in [2.75, 3.05) is 26.3 Å². The Morgan fingerprint density at radius 2 is 1.72 bits per heavy atom. The van der Waals surface area contributed by atoms with E-state index in [0.29, 0.717) is 32.4 Å². The first-order valence-corrected chi connectivity index (χ1v) is 13.7. The Morgan fingerprint density at radius 3 is 2.44 bits per heavy atom. The van der Waals surface area contributed by atoms with Crippen molar-refractivity contribution in [1.82, 2.24) is 9.80 Å². The quantitative estimate of drug-likeness (QED) is 0.409. The SMILES string of the molecule is O=C1OC[C@@H]2CCCN2C(=O)[C@@H](CC(=O)N(CCO)Cc2ccccc2)C/C=C/C[C@@H]1Cc1ccc(F)cc1. The van der Waals surface area contributed by atoms with E-state index in [1.165, 1.54) is 12.1 Å². The summed E-state index contributed by atoms with van der Waals surface area (Å²) in [5.74, 6) is -1.90. The number of carbonyl (C=O) groups is 3. The van der Waals surface area contributed by atoms with Crippen LogP contribution in [0.2, 0.25) is 0 Å². The van der Waals surface area contributed by atoms with Crippen molar-refractivity contribution in [2.24, 2.45) is 11.8 Å². The monoisotopic (exact) mass is 536 g/mol. The zero-order valence-electron chi connectivity index (χ0n) is 22.2. The first-order valence-electron chi connectivity index (χ1n) is 13.7. The zero-order chi connectivity index (χ0) is 27.6. The molecule has 3 atom stereocenters. The number of hydrogen-bond acceptors (Lipinski definition) is 5. The number of cyclic esters (lactones) is 1. The van der Waals surface area contributed by atoms with E-state index in [1.54, 1.807) is 21.9 Å². The van der Waals surface area contributed by atoms with Gasteiger partial charge in [-0.1, -0.05) is 54.6 Å². The summed E-state index contributed by atoms with van der Waals surface area (Å²) in [6.45, 7) is 1.09. The highest BCUT2D eigenvalue weighted by Gasteiger charge is 2.35. The number of hydrogen-bond donors (Lipinski definition) is 1. The zero-order valence-corrected chi connectivity index (χ0v) is 22.2. The molecule has 2 aromatic rings. The van der Waals surface area contributed by atoms with Crippen LogP contribution in [0.4, 0.5) is 4.39 Å². The summed E-state index contributed by atoms with van der Waals surface area (Å²) in [6.07, 6.45) is 6.57. The number of esters is 1. The van der Waals surface area contributed by atoms with Gasteiger partial charge in [0.2, 0.25) is 11.8 Å². The van der Waals surface area contributed by atoms with Crippen LogP contribution in [-0.4, -0.2) is 65.0 Å². The number of nitrogens with zero attached hydrogens (tertiary/aromatic N) is 2. The molecule has 208 valence electrons. The second-order valence-electron chi connectivity index (χ2n) is 10.4. The lowest BCUT2D eigenvalue weighted by atomic mass is 9.94. The van der Waals surface area contributed by atoms with Gasteiger partial charge in [-0.25, -0.2) is 4.39 Å². The number of aliphatic hydroxyl groups is 1. The molecule has 0 radical (unpaired) electrons. The molecule has 0 unspecified atom stereocenters. The van der Waals surface area contributed by atoms with Crippen LogP contribution >= 0.6 is 0 Å². The molecule has 1 N–H and O–H groups in total. The lowest BCUT2D eigenvalue weighted by Gasteiger charge is -2.30. The lowest BCUT2D eigenvalue weighted by Crippen LogP contribution is -2.44. The van der Waals surface area contributed by atoms with Gasteiger partial charge in [0.25, 0.3) is 0 Å². The van der Waals surface area contributed by atoms with Crippen molar-refractivity contribution in [1.29, 1.82) is 0 Å². The molecule has 2 aromatic carbocycles. The number of ether oxygens (including phenoxy) is 1. The van der Waals surface area contributed by atoms with E-state index in [9.17, 15) is 23.9 Å². The number of allylic oxidation sites excluding steroid dienone is 2. The van der Waals surface area contributed by atoms with Crippen molar-refractivity contribution in [3.05, 3.63) is 83.7 Å². The van der Waals surface area contributed by atoms with Gasteiger partial charge in [0.15, 0.2) is 0 Å². The molecule has 4 rings (SSSR count). The summed E-state index contributed by atoms with van der Waals surface area (Å²) >= 11 is 0. The fraction of sp³-hybridized carbons (Fsp3) is 0.452. The van der Waals surface area contributed by atoms with Gasteiger partial charge in [0, 0.05) is 26.1 Å². The normalized spacial score (nSPS) is 22.8. The summed E-state index contributed by atoms with van der Waals surface area (Å²) in [5.41, 5.74) is 1.81. The van der Waals surface area contributed by atoms with Crippen LogP contribution in [0.1, 0.15) is 43.2 Å². The van der Waals surface area contributed by atoms with Gasteiger partial charge >= 0.3 is 5.97 Å². The van der Waals surface area contributed by atoms with E-state index in [-0.39, 0.29) is 55.8 Å². The molecular formula is C31H37FN2O5. The third-order valence-corrected chi connectivity index (χ3v) is 7.52. The fourth-order valence-electron chi connectivity index (χ4n) is 5.35. The van der Waals surface area contributed by atoms with Gasteiger partial charge in [-0.3, -0.25) is 14.4 Å². The van der Waals surface area contributed by atoms with E-state index in [2.05, 4.69) is 0 Å². The minimum atomic E-state index is -0.544. The number of halogens is 1. The van der Waals surface area contributed by atoms with Gasteiger partial charge in [-0.2, -0.15) is 0 Å². The van der Waals surface area contributed by atoms with E-state index in [4.69, 9.17) is 4.74 Å². The summed E-state index contributed by atoms with van der Waals surface area (Å²) in [5, 5.41) is 9.58. The van der Waals surface area contributed by atoms with Crippen LogP contribution in [0.25, 0.3) is 0 Å². The summed E-state index contributed by atoms with van der Waals surface area (Å²) in [6, 6.07) is 15.5. The largest absolute Gasteiger partial charge is 0.463 e. The fourth-order valence-corrected chi connectivity index (χ4v) is 5.35. The van der Waals surface area contributed by atoms with Crippen LogP contribution in [0.15, 0.2) is 66.7 Å². The molecule has 2 amide bonds. The van der Waals surface area contributed by atoms with Crippen molar-refractivity contribution in [3.63, 3.8) is 0 Å². The highest BCUT2D eigenvalue weighted by atomic mass is 19.1. The Kier molecular flexibility index (Phi) is 10.3. The number of aliphatic hydroxyl groups excluding tert-OH is 1. The molecule has 1 fully saturated rings. The van der Waals surface area contributed by atoms with Gasteiger partial charge in [-0.05, 0) is 55.4 Å². The summed E-state index contributed by atoms with van der Waals surface area (Å²) in [4.78, 5) is 43.3. The number of fused-ring (bicyclic) bond motifs is 1. The average molecular weight is 537 g/mol. The Bertz CT molecular complexity index is 1140. The van der Waals surface area contributed by atoms with Crippen LogP contribution in [-0.2, 0) is 32.1 Å². The molecule has 0 aliphatic carbocycles. The van der Waals surface area contributed by atoms with Crippen LogP contribution in [0.3, 0.4) is 0 Å². The Labute approximate surface area is 229 Å². The molecule has 0 spiro atoms. The van der Waals surface area contributed by atoms with Crippen molar-refractivity contribution < 1.29 is 28.6 Å². The van der Waals surface area contributed by atoms with E-state index < -0.39 is 11.8 Å². The van der Waals surface area contributed by atoms with Crippen molar-refractivity contribution in [3.8, 4) is 0 Å². The van der Waals surface area contributed by atoms with Gasteiger partial charge < -0.3 is 19.6 Å². The van der Waals surface area contributed by atoms with Crippen molar-refractivity contribution >= 4 is 17.8 Å². The maximum Gasteiger partial charge on any atom is 0.309 e. The van der Waals surface area contributed by atoms with E-state index in [0.717, 1.165) is 24.0 Å². The molecule has 1 saturated heterocycles. The van der Waals surface area contributed by atoms with E-state index >= 15 is 0 Å². The molecule has 7 nitrogen and oxygen atoms in total. The highest BCUT2D eigenvalue weighted by molar-refractivity contribution is 5.86.